The van der Waals surface area contributed by atoms with E-state index in [1.54, 1.807) is 0 Å². The number of carbonyl (C=O) groups is 1. The molecule has 27 heavy (non-hydrogen) atoms. The van der Waals surface area contributed by atoms with Crippen LogP contribution in [0, 0.1) is 0 Å². The van der Waals surface area contributed by atoms with Crippen molar-refractivity contribution in [2.45, 2.75) is 64.8 Å². The van der Waals surface area contributed by atoms with Gasteiger partial charge in [-0.3, -0.25) is 4.79 Å². The van der Waals surface area contributed by atoms with Crippen molar-refractivity contribution in [1.82, 2.24) is 10.2 Å². The van der Waals surface area contributed by atoms with Crippen LogP contribution < -0.4 is 10.1 Å². The van der Waals surface area contributed by atoms with Crippen molar-refractivity contribution in [3.8, 4) is 5.75 Å². The number of nitrogens with one attached hydrogen (secondary N) is 1. The van der Waals surface area contributed by atoms with E-state index in [1.807, 2.05) is 18.2 Å². The molecule has 0 aromatic heterocycles. The highest BCUT2D eigenvalue weighted by Gasteiger charge is 2.37. The van der Waals surface area contributed by atoms with E-state index in [-0.39, 0.29) is 11.8 Å². The summed E-state index contributed by atoms with van der Waals surface area (Å²) in [5.41, 5.74) is 2.98. The van der Waals surface area contributed by atoms with Gasteiger partial charge in [0.05, 0.1) is 12.6 Å². The number of thiocarbonyl (C=S) groups is 1. The molecule has 0 bridgehead atoms. The third-order valence-electron chi connectivity index (χ3n) is 5.36. The van der Waals surface area contributed by atoms with Crippen molar-refractivity contribution in [1.29, 1.82) is 0 Å². The molecule has 0 amide bonds. The van der Waals surface area contributed by atoms with E-state index in [9.17, 15) is 4.79 Å². The molecular weight excluding hydrogens is 356 g/mol. The number of nitrogens with zero attached hydrogens (tertiary/aromatic N) is 1. The molecule has 4 nitrogen and oxygen atoms in total. The standard InChI is InChI=1S/C22H30N2O2S/c1-3-5-6-9-15-26-19-14-8-7-11-16(19)21-20-17(12-10-13-18(20)25)24(4-2)22(27)23-21/h7-8,11,14,21H,3-6,9-10,12-13,15H2,1-2H3,(H,23,27). The van der Waals surface area contributed by atoms with Crippen LogP contribution >= 0.6 is 12.2 Å². The second-order valence-corrected chi connectivity index (χ2v) is 7.60. The molecular formula is C22H30N2O2S. The minimum absolute atomic E-state index is 0.213. The molecule has 1 unspecified atom stereocenters. The van der Waals surface area contributed by atoms with Gasteiger partial charge in [0, 0.05) is 29.8 Å². The SMILES string of the molecule is CCCCCCOc1ccccc1C1NC(=S)N(CC)C2=C1C(=O)CCC2. The zero-order valence-corrected chi connectivity index (χ0v) is 17.2. The van der Waals surface area contributed by atoms with Gasteiger partial charge in [0.25, 0.3) is 0 Å². The summed E-state index contributed by atoms with van der Waals surface area (Å²) in [6.45, 7) is 5.76. The van der Waals surface area contributed by atoms with E-state index in [0.29, 0.717) is 18.1 Å². The zero-order chi connectivity index (χ0) is 19.2. The Hall–Kier alpha value is -1.88. The Kier molecular flexibility index (Phi) is 6.89. The Bertz CT molecular complexity index is 729. The van der Waals surface area contributed by atoms with Crippen LogP contribution in [0.2, 0.25) is 0 Å². The Morgan fingerprint density at radius 1 is 1.19 bits per heavy atom. The molecule has 2 aliphatic rings. The topological polar surface area (TPSA) is 41.6 Å². The average Bonchev–Trinajstić information content (AvgIpc) is 2.68. The molecule has 0 fully saturated rings. The number of ketones is 1. The summed E-state index contributed by atoms with van der Waals surface area (Å²) in [7, 11) is 0. The van der Waals surface area contributed by atoms with Crippen LogP contribution in [-0.2, 0) is 4.79 Å². The maximum absolute atomic E-state index is 12.8. The van der Waals surface area contributed by atoms with Crippen LogP contribution in [0.4, 0.5) is 0 Å². The van der Waals surface area contributed by atoms with Crippen molar-refractivity contribution >= 4 is 23.1 Å². The number of unbranched alkanes of at least 4 members (excludes halogenated alkanes) is 3. The number of rotatable bonds is 8. The number of hydrogen-bond acceptors (Lipinski definition) is 3. The molecule has 0 saturated carbocycles. The third kappa shape index (κ3) is 4.34. The molecule has 5 heteroatoms. The highest BCUT2D eigenvalue weighted by Crippen LogP contribution is 2.40. The van der Waals surface area contributed by atoms with Crippen LogP contribution in [0.5, 0.6) is 5.75 Å². The first kappa shape index (κ1) is 19.9. The minimum Gasteiger partial charge on any atom is -0.493 e. The van der Waals surface area contributed by atoms with Crippen molar-refractivity contribution in [2.24, 2.45) is 0 Å². The van der Waals surface area contributed by atoms with E-state index >= 15 is 0 Å². The van der Waals surface area contributed by atoms with Gasteiger partial charge < -0.3 is 15.0 Å². The highest BCUT2D eigenvalue weighted by atomic mass is 32.1. The van der Waals surface area contributed by atoms with E-state index in [2.05, 4.69) is 30.1 Å². The molecule has 1 N–H and O–H groups in total. The minimum atomic E-state index is -0.213. The molecule has 1 aliphatic heterocycles. The van der Waals surface area contributed by atoms with E-state index in [4.69, 9.17) is 17.0 Å². The first-order valence-corrected chi connectivity index (χ1v) is 10.6. The molecule has 3 rings (SSSR count). The smallest absolute Gasteiger partial charge is 0.173 e. The molecule has 1 aliphatic carbocycles. The van der Waals surface area contributed by atoms with Crippen molar-refractivity contribution in [3.63, 3.8) is 0 Å². The Labute approximate surface area is 168 Å². The lowest BCUT2D eigenvalue weighted by Crippen LogP contribution is -2.49. The summed E-state index contributed by atoms with van der Waals surface area (Å²) in [6, 6.07) is 7.83. The number of benzene rings is 1. The molecule has 0 saturated heterocycles. The molecule has 1 aromatic rings. The van der Waals surface area contributed by atoms with Gasteiger partial charge in [0.15, 0.2) is 10.9 Å². The van der Waals surface area contributed by atoms with Crippen molar-refractivity contribution < 1.29 is 9.53 Å². The number of para-hydroxylation sites is 1. The summed E-state index contributed by atoms with van der Waals surface area (Å²) >= 11 is 5.62. The maximum Gasteiger partial charge on any atom is 0.173 e. The Balaban J connectivity index is 1.89. The van der Waals surface area contributed by atoms with E-state index < -0.39 is 0 Å². The van der Waals surface area contributed by atoms with Gasteiger partial charge in [0.2, 0.25) is 0 Å². The first-order valence-electron chi connectivity index (χ1n) is 10.2. The van der Waals surface area contributed by atoms with E-state index in [1.165, 1.54) is 19.3 Å². The average molecular weight is 387 g/mol. The number of hydrogen-bond donors (Lipinski definition) is 1. The highest BCUT2D eigenvalue weighted by molar-refractivity contribution is 7.80. The van der Waals surface area contributed by atoms with Crippen molar-refractivity contribution in [3.05, 3.63) is 41.1 Å². The maximum atomic E-state index is 12.8. The predicted octanol–water partition coefficient (Wildman–Crippen LogP) is 4.90. The Morgan fingerprint density at radius 2 is 2.00 bits per heavy atom. The van der Waals surface area contributed by atoms with Gasteiger partial charge in [-0.05, 0) is 44.5 Å². The summed E-state index contributed by atoms with van der Waals surface area (Å²) < 4.78 is 6.11. The van der Waals surface area contributed by atoms with Crippen LogP contribution in [0.1, 0.15) is 70.4 Å². The van der Waals surface area contributed by atoms with Crippen molar-refractivity contribution in [2.75, 3.05) is 13.2 Å². The second kappa shape index (κ2) is 9.36. The molecule has 0 radical (unpaired) electrons. The van der Waals surface area contributed by atoms with Crippen LogP contribution in [-0.4, -0.2) is 28.9 Å². The van der Waals surface area contributed by atoms with Gasteiger partial charge in [-0.2, -0.15) is 0 Å². The number of ether oxygens (including phenoxy) is 1. The largest absolute Gasteiger partial charge is 0.493 e. The molecule has 1 heterocycles. The molecule has 146 valence electrons. The summed E-state index contributed by atoms with van der Waals surface area (Å²) in [6.07, 6.45) is 7.11. The molecule has 1 aromatic carbocycles. The summed E-state index contributed by atoms with van der Waals surface area (Å²) in [4.78, 5) is 14.9. The number of carbonyl (C=O) groups excluding carboxylic acids is 1. The van der Waals surface area contributed by atoms with Crippen LogP contribution in [0.3, 0.4) is 0 Å². The van der Waals surface area contributed by atoms with Gasteiger partial charge in [-0.1, -0.05) is 44.4 Å². The molecule has 0 spiro atoms. The van der Waals surface area contributed by atoms with Crippen LogP contribution in [0.25, 0.3) is 0 Å². The second-order valence-electron chi connectivity index (χ2n) is 7.21. The third-order valence-corrected chi connectivity index (χ3v) is 5.70. The predicted molar refractivity (Wildman–Crippen MR) is 113 cm³/mol. The monoisotopic (exact) mass is 386 g/mol. The zero-order valence-electron chi connectivity index (χ0n) is 16.4. The number of Topliss-reactive ketones (excluding diaryl/α,β-unsaturated/α-hetero) is 1. The quantitative estimate of drug-likeness (QED) is 0.508. The molecule has 1 atom stereocenters. The first-order chi connectivity index (χ1) is 13.2. The van der Waals surface area contributed by atoms with Gasteiger partial charge >= 0.3 is 0 Å². The fourth-order valence-corrected chi connectivity index (χ4v) is 4.34. The summed E-state index contributed by atoms with van der Waals surface area (Å²) in [5.74, 6) is 1.08. The number of allylic oxidation sites excluding steroid dienone is 1. The lowest BCUT2D eigenvalue weighted by atomic mass is 9.84. The fourth-order valence-electron chi connectivity index (χ4n) is 3.98. The Morgan fingerprint density at radius 3 is 2.78 bits per heavy atom. The van der Waals surface area contributed by atoms with Gasteiger partial charge in [-0.25, -0.2) is 0 Å². The lowest BCUT2D eigenvalue weighted by Gasteiger charge is -2.40. The normalized spacial score (nSPS) is 19.8. The van der Waals surface area contributed by atoms with Gasteiger partial charge in [-0.15, -0.1) is 0 Å². The van der Waals surface area contributed by atoms with Gasteiger partial charge in [0.1, 0.15) is 5.75 Å². The van der Waals surface area contributed by atoms with E-state index in [0.717, 1.165) is 48.4 Å². The fraction of sp³-hybridized carbons (Fsp3) is 0.545. The lowest BCUT2D eigenvalue weighted by molar-refractivity contribution is -0.116. The summed E-state index contributed by atoms with van der Waals surface area (Å²) in [5, 5.41) is 4.12. The van der Waals surface area contributed by atoms with Crippen LogP contribution in [0.15, 0.2) is 35.5 Å².